The minimum atomic E-state index is -1.12. The van der Waals surface area contributed by atoms with Crippen LogP contribution in [0, 0.1) is 0 Å². The first-order valence-electron chi connectivity index (χ1n) is 14.3. The summed E-state index contributed by atoms with van der Waals surface area (Å²) in [5.74, 6) is 1.59. The monoisotopic (exact) mass is 614 g/mol. The molecule has 0 atom stereocenters. The average molecular weight is 615 g/mol. The summed E-state index contributed by atoms with van der Waals surface area (Å²) in [7, 11) is 3.02. The smallest absolute Gasteiger partial charge is 0.331 e. The summed E-state index contributed by atoms with van der Waals surface area (Å²) < 4.78 is 34.3. The molecule has 3 heterocycles. The summed E-state index contributed by atoms with van der Waals surface area (Å²) >= 11 is 0. The van der Waals surface area contributed by atoms with Crippen molar-refractivity contribution in [1.82, 2.24) is 9.97 Å². The molecule has 2 aromatic heterocycles. The van der Waals surface area contributed by atoms with Gasteiger partial charge in [0.05, 0.1) is 33.6 Å². The minimum absolute atomic E-state index is 0.0246. The van der Waals surface area contributed by atoms with E-state index in [4.69, 9.17) is 28.4 Å². The van der Waals surface area contributed by atoms with Gasteiger partial charge in [0.1, 0.15) is 23.9 Å². The Kier molecular flexibility index (Phi) is 10.0. The van der Waals surface area contributed by atoms with Gasteiger partial charge in [0.15, 0.2) is 11.5 Å². The van der Waals surface area contributed by atoms with E-state index >= 15 is 0 Å². The summed E-state index contributed by atoms with van der Waals surface area (Å²) in [6.45, 7) is 2.50. The highest BCUT2D eigenvalue weighted by molar-refractivity contribution is 5.95. The number of aliphatic hydroxyl groups is 1. The number of rotatable bonds is 14. The van der Waals surface area contributed by atoms with E-state index in [0.717, 1.165) is 17.5 Å². The summed E-state index contributed by atoms with van der Waals surface area (Å²) in [5, 5.41) is 20.1. The molecule has 45 heavy (non-hydrogen) atoms. The average Bonchev–Trinajstić information content (AvgIpc) is 3.53. The topological polar surface area (TPSA) is 139 Å². The van der Waals surface area contributed by atoms with E-state index in [1.165, 1.54) is 14.2 Å². The lowest BCUT2D eigenvalue weighted by Gasteiger charge is -2.18. The standard InChI is InChI=1S/C34H34N2O9/c1-4-9-42-31-17-35-15-25(11-24(34(38)39)10-23-12-29-30(45-20-44-29)13-27(23)40-2)33(31)26-16-36-32(41-3)14-28(26)43-19-22-8-6-5-7-21(22)18-37/h5-8,11-17,37H,4,9-10,18-20H2,1-3H3,(H,38,39)/b24-11+. The number of carboxylic acids is 1. The summed E-state index contributed by atoms with van der Waals surface area (Å²) in [6, 6.07) is 12.5. The van der Waals surface area contributed by atoms with Gasteiger partial charge in [-0.2, -0.15) is 0 Å². The van der Waals surface area contributed by atoms with Gasteiger partial charge < -0.3 is 38.6 Å². The zero-order valence-corrected chi connectivity index (χ0v) is 25.2. The number of aliphatic carboxylic acids is 1. The number of aromatic nitrogens is 2. The summed E-state index contributed by atoms with van der Waals surface area (Å²) in [4.78, 5) is 21.4. The molecular formula is C34H34N2O9. The highest BCUT2D eigenvalue weighted by atomic mass is 16.7. The van der Waals surface area contributed by atoms with Crippen molar-refractivity contribution in [1.29, 1.82) is 0 Å². The molecule has 0 amide bonds. The first kappa shape index (κ1) is 31.1. The number of benzene rings is 2. The van der Waals surface area contributed by atoms with Gasteiger partial charge in [0.2, 0.25) is 12.7 Å². The highest BCUT2D eigenvalue weighted by Gasteiger charge is 2.23. The van der Waals surface area contributed by atoms with Crippen molar-refractivity contribution >= 4 is 12.0 Å². The highest BCUT2D eigenvalue weighted by Crippen LogP contribution is 2.42. The van der Waals surface area contributed by atoms with E-state index in [0.29, 0.717) is 63.5 Å². The molecule has 0 saturated carbocycles. The third-order valence-corrected chi connectivity index (χ3v) is 7.15. The molecule has 2 N–H and O–H groups in total. The van der Waals surface area contributed by atoms with E-state index in [1.807, 2.05) is 31.2 Å². The number of hydrogen-bond acceptors (Lipinski definition) is 10. The number of pyridine rings is 2. The lowest BCUT2D eigenvalue weighted by Crippen LogP contribution is -2.07. The van der Waals surface area contributed by atoms with E-state index in [-0.39, 0.29) is 32.0 Å². The van der Waals surface area contributed by atoms with E-state index in [1.54, 1.807) is 42.9 Å². The number of aliphatic hydroxyl groups excluding tert-OH is 1. The SMILES string of the molecule is CCCOc1cncc(/C=C(\Cc2cc3c(cc2OC)OCO3)C(=O)O)c1-c1cnc(OC)cc1OCc1ccccc1CO. The van der Waals surface area contributed by atoms with Gasteiger partial charge in [-0.15, -0.1) is 0 Å². The number of carbonyl (C=O) groups is 1. The number of fused-ring (bicyclic) bond motifs is 1. The molecule has 0 bridgehead atoms. The molecule has 0 radical (unpaired) electrons. The molecule has 0 aliphatic carbocycles. The zero-order chi connectivity index (χ0) is 31.8. The van der Waals surface area contributed by atoms with Crippen LogP contribution in [-0.4, -0.2) is 53.8 Å². The molecule has 0 unspecified atom stereocenters. The van der Waals surface area contributed by atoms with Crippen molar-refractivity contribution < 1.29 is 43.4 Å². The molecule has 1 aliphatic heterocycles. The van der Waals surface area contributed by atoms with Gasteiger partial charge in [-0.1, -0.05) is 31.2 Å². The van der Waals surface area contributed by atoms with Crippen LogP contribution in [0.1, 0.15) is 35.6 Å². The molecule has 11 heteroatoms. The fourth-order valence-corrected chi connectivity index (χ4v) is 4.90. The second-order valence-electron chi connectivity index (χ2n) is 10.1. The van der Waals surface area contributed by atoms with Gasteiger partial charge in [0.25, 0.3) is 0 Å². The molecule has 0 spiro atoms. The first-order chi connectivity index (χ1) is 21.9. The van der Waals surface area contributed by atoms with Crippen LogP contribution in [0.4, 0.5) is 0 Å². The van der Waals surface area contributed by atoms with Gasteiger partial charge in [-0.25, -0.2) is 9.78 Å². The Morgan fingerprint density at radius 2 is 1.71 bits per heavy atom. The van der Waals surface area contributed by atoms with Gasteiger partial charge >= 0.3 is 5.97 Å². The van der Waals surface area contributed by atoms with Crippen molar-refractivity contribution in [3.63, 3.8) is 0 Å². The van der Waals surface area contributed by atoms with E-state index in [9.17, 15) is 15.0 Å². The Hall–Kier alpha value is -5.29. The first-order valence-corrected chi connectivity index (χ1v) is 14.3. The number of ether oxygens (including phenoxy) is 6. The molecular weight excluding hydrogens is 580 g/mol. The van der Waals surface area contributed by atoms with Crippen LogP contribution in [0.3, 0.4) is 0 Å². The summed E-state index contributed by atoms with van der Waals surface area (Å²) in [6.07, 6.45) is 7.08. The van der Waals surface area contributed by atoms with Crippen LogP contribution in [0.15, 0.2) is 66.6 Å². The summed E-state index contributed by atoms with van der Waals surface area (Å²) in [5.41, 5.74) is 3.81. The van der Waals surface area contributed by atoms with Crippen LogP contribution < -0.4 is 28.4 Å². The van der Waals surface area contributed by atoms with Crippen LogP contribution in [0.5, 0.6) is 34.6 Å². The maximum atomic E-state index is 12.6. The van der Waals surface area contributed by atoms with Crippen molar-refractivity contribution in [2.45, 2.75) is 33.0 Å². The van der Waals surface area contributed by atoms with Crippen LogP contribution >= 0.6 is 0 Å². The van der Waals surface area contributed by atoms with Crippen molar-refractivity contribution in [2.75, 3.05) is 27.6 Å². The lowest BCUT2D eigenvalue weighted by molar-refractivity contribution is -0.132. The largest absolute Gasteiger partial charge is 0.496 e. The van der Waals surface area contributed by atoms with E-state index < -0.39 is 5.97 Å². The molecule has 4 aromatic rings. The normalized spacial score (nSPS) is 12.1. The predicted octanol–water partition coefficient (Wildman–Crippen LogP) is 5.46. The Labute approximate surface area is 260 Å². The Morgan fingerprint density at radius 3 is 2.42 bits per heavy atom. The van der Waals surface area contributed by atoms with Crippen molar-refractivity contribution in [3.05, 3.63) is 88.9 Å². The third kappa shape index (κ3) is 7.10. The van der Waals surface area contributed by atoms with Gasteiger partial charge in [0, 0.05) is 58.8 Å². The second-order valence-corrected chi connectivity index (χ2v) is 10.1. The number of nitrogens with zero attached hydrogens (tertiary/aromatic N) is 2. The maximum Gasteiger partial charge on any atom is 0.331 e. The second kappa shape index (κ2) is 14.5. The number of carboxylic acid groups (broad SMARTS) is 1. The van der Waals surface area contributed by atoms with Gasteiger partial charge in [-0.05, 0) is 29.7 Å². The molecule has 234 valence electrons. The van der Waals surface area contributed by atoms with E-state index in [2.05, 4.69) is 9.97 Å². The molecule has 0 fully saturated rings. The Morgan fingerprint density at radius 1 is 0.933 bits per heavy atom. The van der Waals surface area contributed by atoms with Crippen LogP contribution in [0.2, 0.25) is 0 Å². The molecule has 1 aliphatic rings. The van der Waals surface area contributed by atoms with Crippen LogP contribution in [-0.2, 0) is 24.4 Å². The molecule has 11 nitrogen and oxygen atoms in total. The van der Waals surface area contributed by atoms with Gasteiger partial charge in [-0.3, -0.25) is 4.98 Å². The predicted molar refractivity (Wildman–Crippen MR) is 165 cm³/mol. The third-order valence-electron chi connectivity index (χ3n) is 7.15. The van der Waals surface area contributed by atoms with Crippen molar-refractivity contribution in [2.24, 2.45) is 0 Å². The fourth-order valence-electron chi connectivity index (χ4n) is 4.90. The Bertz CT molecular complexity index is 1700. The quantitative estimate of drug-likeness (QED) is 0.175. The fraction of sp³-hybridized carbons (Fsp3) is 0.265. The zero-order valence-electron chi connectivity index (χ0n) is 25.2. The lowest BCUT2D eigenvalue weighted by atomic mass is 9.96. The van der Waals surface area contributed by atoms with Crippen molar-refractivity contribution in [3.8, 4) is 45.8 Å². The Balaban J connectivity index is 1.61. The number of methoxy groups -OCH3 is 2. The molecule has 5 rings (SSSR count). The molecule has 2 aromatic carbocycles. The molecule has 0 saturated heterocycles. The minimum Gasteiger partial charge on any atom is -0.496 e. The maximum absolute atomic E-state index is 12.6. The van der Waals surface area contributed by atoms with Crippen LogP contribution in [0.25, 0.3) is 17.2 Å². The number of hydrogen-bond donors (Lipinski definition) is 2.